The number of tetrazole rings is 1. The van der Waals surface area contributed by atoms with E-state index in [-0.39, 0.29) is 0 Å². The fourth-order valence-corrected chi connectivity index (χ4v) is 2.90. The number of benzene rings is 1. The summed E-state index contributed by atoms with van der Waals surface area (Å²) in [7, 11) is 0. The predicted octanol–water partition coefficient (Wildman–Crippen LogP) is 2.78. The van der Waals surface area contributed by atoms with Gasteiger partial charge in [0.05, 0.1) is 18.8 Å². The molecule has 2 heterocycles. The maximum Gasteiger partial charge on any atom is 0.339 e. The van der Waals surface area contributed by atoms with Gasteiger partial charge in [-0.25, -0.2) is 9.78 Å². The average Bonchev–Trinajstić information content (AvgIpc) is 3.11. The summed E-state index contributed by atoms with van der Waals surface area (Å²) in [4.78, 5) is 16.0. The third-order valence-corrected chi connectivity index (χ3v) is 4.17. The van der Waals surface area contributed by atoms with Crippen molar-refractivity contribution < 1.29 is 14.3 Å². The summed E-state index contributed by atoms with van der Waals surface area (Å²) >= 11 is 1.28. The second kappa shape index (κ2) is 8.43. The zero-order valence-corrected chi connectivity index (χ0v) is 15.1. The van der Waals surface area contributed by atoms with E-state index < -0.39 is 5.97 Å². The molecule has 0 radical (unpaired) electrons. The van der Waals surface area contributed by atoms with Crippen molar-refractivity contribution in [3.63, 3.8) is 0 Å². The van der Waals surface area contributed by atoms with E-state index in [1.165, 1.54) is 18.0 Å². The van der Waals surface area contributed by atoms with Crippen molar-refractivity contribution in [1.82, 2.24) is 25.2 Å². The van der Waals surface area contributed by atoms with Crippen LogP contribution in [0, 0.1) is 0 Å². The zero-order valence-electron chi connectivity index (χ0n) is 14.3. The highest BCUT2D eigenvalue weighted by atomic mass is 32.2. The molecule has 0 saturated carbocycles. The van der Waals surface area contributed by atoms with Gasteiger partial charge in [0.15, 0.2) is 0 Å². The summed E-state index contributed by atoms with van der Waals surface area (Å²) in [5, 5.41) is 13.0. The van der Waals surface area contributed by atoms with Gasteiger partial charge in [0.2, 0.25) is 5.16 Å². The lowest BCUT2D eigenvalue weighted by atomic mass is 10.3. The summed E-state index contributed by atoms with van der Waals surface area (Å²) < 4.78 is 12.2. The molecule has 134 valence electrons. The Morgan fingerprint density at radius 2 is 2.00 bits per heavy atom. The van der Waals surface area contributed by atoms with Crippen LogP contribution in [0.25, 0.3) is 5.69 Å². The Balaban J connectivity index is 1.83. The minimum Gasteiger partial charge on any atom is -0.492 e. The van der Waals surface area contributed by atoms with E-state index in [1.54, 1.807) is 23.7 Å². The van der Waals surface area contributed by atoms with E-state index in [9.17, 15) is 4.79 Å². The second-order valence-corrected chi connectivity index (χ2v) is 5.97. The zero-order chi connectivity index (χ0) is 18.4. The molecule has 3 rings (SSSR count). The van der Waals surface area contributed by atoms with Crippen LogP contribution in [0.3, 0.4) is 0 Å². The fraction of sp³-hybridized carbons (Fsp3) is 0.235. The van der Waals surface area contributed by atoms with Gasteiger partial charge in [-0.05, 0) is 60.3 Å². The third-order valence-electron chi connectivity index (χ3n) is 3.28. The van der Waals surface area contributed by atoms with Crippen molar-refractivity contribution in [3.05, 3.63) is 48.2 Å². The van der Waals surface area contributed by atoms with Crippen LogP contribution in [0.2, 0.25) is 0 Å². The first-order valence-electron chi connectivity index (χ1n) is 8.04. The normalized spacial score (nSPS) is 10.5. The molecule has 9 heteroatoms. The molecule has 0 fully saturated rings. The molecular weight excluding hydrogens is 354 g/mol. The molecule has 0 amide bonds. The molecule has 0 spiro atoms. The van der Waals surface area contributed by atoms with Crippen LogP contribution in [-0.2, 0) is 4.74 Å². The summed E-state index contributed by atoms with van der Waals surface area (Å²) in [6.07, 6.45) is 1.47. The number of hydrogen-bond acceptors (Lipinski definition) is 8. The maximum absolute atomic E-state index is 11.7. The van der Waals surface area contributed by atoms with Crippen LogP contribution < -0.4 is 4.74 Å². The Morgan fingerprint density at radius 3 is 2.73 bits per heavy atom. The van der Waals surface area contributed by atoms with Crippen molar-refractivity contribution >= 4 is 17.7 Å². The van der Waals surface area contributed by atoms with Crippen molar-refractivity contribution in [2.45, 2.75) is 24.0 Å². The molecule has 0 unspecified atom stereocenters. The average molecular weight is 371 g/mol. The number of aromatic nitrogens is 5. The van der Waals surface area contributed by atoms with Crippen LogP contribution in [0.4, 0.5) is 0 Å². The number of carbonyl (C=O) groups is 1. The Morgan fingerprint density at radius 1 is 1.15 bits per heavy atom. The predicted molar refractivity (Wildman–Crippen MR) is 94.6 cm³/mol. The topological polar surface area (TPSA) is 92.0 Å². The number of esters is 1. The lowest BCUT2D eigenvalue weighted by molar-refractivity contribution is 0.0525. The number of ether oxygens (including phenoxy) is 2. The molecule has 8 nitrogen and oxygen atoms in total. The van der Waals surface area contributed by atoms with E-state index in [0.717, 1.165) is 5.69 Å². The largest absolute Gasteiger partial charge is 0.492 e. The van der Waals surface area contributed by atoms with Gasteiger partial charge in [-0.1, -0.05) is 12.1 Å². The standard InChI is InChI=1S/C17H17N5O3S/c1-3-24-14-8-6-5-7-13(14)22-17(19-20-21-22)26-15-10-9-12(11-18-15)16(23)25-4-2/h5-11H,3-4H2,1-2H3. The summed E-state index contributed by atoms with van der Waals surface area (Å²) in [5.41, 5.74) is 1.14. The third kappa shape index (κ3) is 3.99. The Hall–Kier alpha value is -2.94. The molecule has 0 bridgehead atoms. The Bertz CT molecular complexity index is 882. The van der Waals surface area contributed by atoms with Gasteiger partial charge in [-0.2, -0.15) is 4.68 Å². The summed E-state index contributed by atoms with van der Waals surface area (Å²) in [6.45, 7) is 4.54. The summed E-state index contributed by atoms with van der Waals surface area (Å²) in [5.74, 6) is 0.293. The minimum absolute atomic E-state index is 0.323. The first kappa shape index (κ1) is 17.9. The number of rotatable bonds is 7. The lowest BCUT2D eigenvalue weighted by Gasteiger charge is -2.10. The van der Waals surface area contributed by atoms with Gasteiger partial charge in [0.1, 0.15) is 16.5 Å². The molecule has 26 heavy (non-hydrogen) atoms. The van der Waals surface area contributed by atoms with Crippen molar-refractivity contribution in [1.29, 1.82) is 0 Å². The van der Waals surface area contributed by atoms with Gasteiger partial charge < -0.3 is 9.47 Å². The van der Waals surface area contributed by atoms with Gasteiger partial charge in [-0.3, -0.25) is 0 Å². The van der Waals surface area contributed by atoms with Gasteiger partial charge >= 0.3 is 5.97 Å². The van der Waals surface area contributed by atoms with Gasteiger partial charge in [0.25, 0.3) is 0 Å². The fourth-order valence-electron chi connectivity index (χ4n) is 2.17. The van der Waals surface area contributed by atoms with Crippen molar-refractivity contribution in [2.24, 2.45) is 0 Å². The van der Waals surface area contributed by atoms with Crippen LogP contribution >= 0.6 is 11.8 Å². The van der Waals surface area contributed by atoms with Crippen LogP contribution in [0.15, 0.2) is 52.8 Å². The van der Waals surface area contributed by atoms with Crippen molar-refractivity contribution in [3.8, 4) is 11.4 Å². The molecule has 3 aromatic rings. The van der Waals surface area contributed by atoms with Crippen LogP contribution in [0.1, 0.15) is 24.2 Å². The van der Waals surface area contributed by atoms with Gasteiger partial charge in [-0.15, -0.1) is 5.10 Å². The highest BCUT2D eigenvalue weighted by molar-refractivity contribution is 7.99. The number of carbonyl (C=O) groups excluding carboxylic acids is 1. The Kier molecular flexibility index (Phi) is 5.80. The molecule has 0 aliphatic heterocycles. The van der Waals surface area contributed by atoms with Crippen molar-refractivity contribution in [2.75, 3.05) is 13.2 Å². The number of para-hydroxylation sites is 2. The van der Waals surface area contributed by atoms with E-state index >= 15 is 0 Å². The minimum atomic E-state index is -0.396. The SMILES string of the molecule is CCOC(=O)c1ccc(Sc2nnnn2-c2ccccc2OCC)nc1. The molecule has 0 aliphatic carbocycles. The van der Waals surface area contributed by atoms with E-state index in [4.69, 9.17) is 9.47 Å². The molecule has 2 aromatic heterocycles. The first-order chi connectivity index (χ1) is 12.7. The number of hydrogen-bond donors (Lipinski definition) is 0. The quantitative estimate of drug-likeness (QED) is 0.586. The molecule has 0 aliphatic rings. The van der Waals surface area contributed by atoms with E-state index in [0.29, 0.717) is 34.7 Å². The van der Waals surface area contributed by atoms with Crippen LogP contribution in [-0.4, -0.2) is 44.4 Å². The molecule has 0 N–H and O–H groups in total. The second-order valence-electron chi connectivity index (χ2n) is 4.98. The summed E-state index contributed by atoms with van der Waals surface area (Å²) in [6, 6.07) is 10.9. The lowest BCUT2D eigenvalue weighted by Crippen LogP contribution is -2.05. The molecule has 0 atom stereocenters. The molecule has 0 saturated heterocycles. The van der Waals surface area contributed by atoms with E-state index in [2.05, 4.69) is 20.5 Å². The monoisotopic (exact) mass is 371 g/mol. The highest BCUT2D eigenvalue weighted by Crippen LogP contribution is 2.29. The molecule has 1 aromatic carbocycles. The number of nitrogens with zero attached hydrogens (tertiary/aromatic N) is 5. The van der Waals surface area contributed by atoms with Gasteiger partial charge in [0, 0.05) is 6.20 Å². The Labute approximate surface area is 154 Å². The van der Waals surface area contributed by atoms with Crippen LogP contribution in [0.5, 0.6) is 5.75 Å². The smallest absolute Gasteiger partial charge is 0.339 e. The van der Waals surface area contributed by atoms with E-state index in [1.807, 2.05) is 31.2 Å². The molecular formula is C17H17N5O3S. The highest BCUT2D eigenvalue weighted by Gasteiger charge is 2.15. The maximum atomic E-state index is 11.7. The number of pyridine rings is 1. The first-order valence-corrected chi connectivity index (χ1v) is 8.86.